The molecule has 1 aliphatic heterocycles. The fourth-order valence-electron chi connectivity index (χ4n) is 2.62. The molecular formula is C19H23NO4S. The van der Waals surface area contributed by atoms with E-state index >= 15 is 0 Å². The van der Waals surface area contributed by atoms with Gasteiger partial charge >= 0.3 is 0 Å². The normalized spacial score (nSPS) is 18.2. The first-order valence-corrected chi connectivity index (χ1v) is 9.72. The molecule has 1 amide bonds. The third-order valence-electron chi connectivity index (χ3n) is 3.79. The molecule has 1 unspecified atom stereocenters. The average molecular weight is 361 g/mol. The molecule has 0 radical (unpaired) electrons. The van der Waals surface area contributed by atoms with E-state index in [-0.39, 0.29) is 28.9 Å². The number of benzene rings is 1. The van der Waals surface area contributed by atoms with Gasteiger partial charge in [0.25, 0.3) is 5.91 Å². The van der Waals surface area contributed by atoms with Crippen molar-refractivity contribution in [2.75, 3.05) is 18.6 Å². The number of hydrogen-bond acceptors (Lipinski definition) is 4. The Balaban J connectivity index is 2.11. The minimum atomic E-state index is -1.09. The van der Waals surface area contributed by atoms with Crippen LogP contribution in [-0.2, 0) is 26.9 Å². The first-order valence-electron chi connectivity index (χ1n) is 8.00. The number of allylic oxidation sites excluding steroid dienone is 1. The van der Waals surface area contributed by atoms with Crippen molar-refractivity contribution in [2.24, 2.45) is 0 Å². The van der Waals surface area contributed by atoms with Gasteiger partial charge in [-0.25, -0.2) is 0 Å². The zero-order chi connectivity index (χ0) is 18.4. The molecule has 2 rings (SSSR count). The van der Waals surface area contributed by atoms with Crippen LogP contribution in [0.25, 0.3) is 0 Å². The van der Waals surface area contributed by atoms with Crippen molar-refractivity contribution in [3.63, 3.8) is 0 Å². The van der Waals surface area contributed by atoms with E-state index in [1.807, 2.05) is 30.3 Å². The number of aliphatic hydroxyl groups excluding tert-OH is 1. The van der Waals surface area contributed by atoms with E-state index in [1.165, 1.54) is 0 Å². The van der Waals surface area contributed by atoms with Gasteiger partial charge in [-0.1, -0.05) is 36.9 Å². The molecule has 6 heteroatoms. The van der Waals surface area contributed by atoms with E-state index in [0.29, 0.717) is 25.1 Å². The van der Waals surface area contributed by atoms with Gasteiger partial charge in [-0.3, -0.25) is 9.00 Å². The van der Waals surface area contributed by atoms with Crippen LogP contribution in [0, 0.1) is 0 Å². The lowest BCUT2D eigenvalue weighted by Crippen LogP contribution is -2.25. The number of nitrogens with zero attached hydrogens (tertiary/aromatic N) is 1. The van der Waals surface area contributed by atoms with E-state index in [1.54, 1.807) is 24.2 Å². The van der Waals surface area contributed by atoms with Gasteiger partial charge in [-0.2, -0.15) is 0 Å². The molecule has 1 aromatic rings. The Morgan fingerprint density at radius 1 is 1.40 bits per heavy atom. The third-order valence-corrected chi connectivity index (χ3v) is 4.52. The lowest BCUT2D eigenvalue weighted by atomic mass is 10.1. The van der Waals surface area contributed by atoms with E-state index in [4.69, 9.17) is 4.74 Å². The molecule has 0 bridgehead atoms. The topological polar surface area (TPSA) is 66.8 Å². The number of ether oxygens (including phenoxy) is 1. The van der Waals surface area contributed by atoms with Crippen molar-refractivity contribution in [3.8, 4) is 0 Å². The zero-order valence-corrected chi connectivity index (χ0v) is 15.3. The largest absolute Gasteiger partial charge is 0.504 e. The Bertz CT molecular complexity index is 737. The summed E-state index contributed by atoms with van der Waals surface area (Å²) >= 11 is 0. The van der Waals surface area contributed by atoms with Crippen molar-refractivity contribution < 1.29 is 18.8 Å². The maximum atomic E-state index is 12.6. The van der Waals surface area contributed by atoms with Gasteiger partial charge in [0.2, 0.25) is 0 Å². The minimum absolute atomic E-state index is 0.167. The number of hydrogen-bond donors (Lipinski definition) is 1. The smallest absolute Gasteiger partial charge is 0.254 e. The minimum Gasteiger partial charge on any atom is -0.504 e. The highest BCUT2D eigenvalue weighted by atomic mass is 32.2. The van der Waals surface area contributed by atoms with Crippen LogP contribution in [0.4, 0.5) is 0 Å². The molecule has 1 heterocycles. The van der Waals surface area contributed by atoms with Gasteiger partial charge in [-0.15, -0.1) is 0 Å². The Morgan fingerprint density at radius 2 is 2.08 bits per heavy atom. The summed E-state index contributed by atoms with van der Waals surface area (Å²) in [7, 11) is -1.09. The molecule has 0 aromatic heterocycles. The van der Waals surface area contributed by atoms with Crippen molar-refractivity contribution in [1.82, 2.24) is 4.90 Å². The second-order valence-corrected chi connectivity index (χ2v) is 7.24. The lowest BCUT2D eigenvalue weighted by molar-refractivity contribution is -0.125. The van der Waals surface area contributed by atoms with Gasteiger partial charge in [-0.05, 0) is 25.0 Å². The molecule has 1 fully saturated rings. The standard InChI is InChI=1S/C19H23NO4S/c1-4-17(24-14(2)13-25(3)23)18(21)16-10-11-20(19(16)22)12-15-8-6-5-7-9-15/h4-9,21H,2,10-13H2,1,3H3/b17-4-,18-16-. The highest BCUT2D eigenvalue weighted by Gasteiger charge is 2.30. The Morgan fingerprint density at radius 3 is 2.68 bits per heavy atom. The summed E-state index contributed by atoms with van der Waals surface area (Å²) in [5.41, 5.74) is 1.37. The Hall–Kier alpha value is -2.34. The van der Waals surface area contributed by atoms with Crippen LogP contribution in [0.5, 0.6) is 0 Å². The summed E-state index contributed by atoms with van der Waals surface area (Å²) < 4.78 is 16.7. The first-order chi connectivity index (χ1) is 11.9. The molecule has 1 aromatic carbocycles. The van der Waals surface area contributed by atoms with Gasteiger partial charge in [0.15, 0.2) is 11.5 Å². The van der Waals surface area contributed by atoms with Crippen LogP contribution in [-0.4, -0.2) is 38.7 Å². The Labute approximate surface area is 150 Å². The predicted molar refractivity (Wildman–Crippen MR) is 99.0 cm³/mol. The molecule has 134 valence electrons. The van der Waals surface area contributed by atoms with E-state index in [2.05, 4.69) is 6.58 Å². The Kier molecular flexibility index (Phi) is 6.58. The van der Waals surface area contributed by atoms with Gasteiger partial charge in [0, 0.05) is 30.1 Å². The molecule has 1 aliphatic rings. The van der Waals surface area contributed by atoms with Gasteiger partial charge in [0.1, 0.15) is 5.76 Å². The van der Waals surface area contributed by atoms with Crippen molar-refractivity contribution in [3.05, 3.63) is 71.4 Å². The van der Waals surface area contributed by atoms with E-state index < -0.39 is 10.8 Å². The van der Waals surface area contributed by atoms with Crippen LogP contribution in [0.3, 0.4) is 0 Å². The average Bonchev–Trinajstić information content (AvgIpc) is 2.93. The number of carbonyl (C=O) groups excluding carboxylic acids is 1. The molecular weight excluding hydrogens is 338 g/mol. The predicted octanol–water partition coefficient (Wildman–Crippen LogP) is 3.04. The number of amides is 1. The second-order valence-electron chi connectivity index (χ2n) is 5.80. The molecule has 5 nitrogen and oxygen atoms in total. The molecule has 0 spiro atoms. The maximum Gasteiger partial charge on any atom is 0.254 e. The quantitative estimate of drug-likeness (QED) is 0.599. The second kappa shape index (κ2) is 8.67. The van der Waals surface area contributed by atoms with Crippen LogP contribution < -0.4 is 0 Å². The van der Waals surface area contributed by atoms with Crippen molar-refractivity contribution in [1.29, 1.82) is 0 Å². The number of likely N-dealkylation sites (tertiary alicyclic amines) is 1. The molecule has 0 aliphatic carbocycles. The summed E-state index contributed by atoms with van der Waals surface area (Å²) in [5.74, 6) is 0.252. The zero-order valence-electron chi connectivity index (χ0n) is 14.5. The third kappa shape index (κ3) is 5.06. The highest BCUT2D eigenvalue weighted by molar-refractivity contribution is 7.84. The van der Waals surface area contributed by atoms with Crippen LogP contribution >= 0.6 is 0 Å². The SMILES string of the molecule is C=C(CS(C)=O)OC(=C\C)/C(O)=C1\CCN(Cc2ccccc2)C1=O. The molecule has 25 heavy (non-hydrogen) atoms. The first kappa shape index (κ1) is 19.0. The maximum absolute atomic E-state index is 12.6. The summed E-state index contributed by atoms with van der Waals surface area (Å²) in [5, 5.41) is 10.5. The number of carbonyl (C=O) groups is 1. The summed E-state index contributed by atoms with van der Waals surface area (Å²) in [6.45, 7) is 6.44. The van der Waals surface area contributed by atoms with Gasteiger partial charge in [0.05, 0.1) is 11.3 Å². The van der Waals surface area contributed by atoms with E-state index in [9.17, 15) is 14.1 Å². The summed E-state index contributed by atoms with van der Waals surface area (Å²) in [6.07, 6.45) is 3.56. The van der Waals surface area contributed by atoms with Crippen molar-refractivity contribution >= 4 is 16.7 Å². The molecule has 0 saturated carbocycles. The van der Waals surface area contributed by atoms with Crippen LogP contribution in [0.1, 0.15) is 18.9 Å². The van der Waals surface area contributed by atoms with Crippen LogP contribution in [0.15, 0.2) is 65.8 Å². The lowest BCUT2D eigenvalue weighted by Gasteiger charge is -2.16. The van der Waals surface area contributed by atoms with Gasteiger partial charge < -0.3 is 14.7 Å². The van der Waals surface area contributed by atoms with E-state index in [0.717, 1.165) is 5.56 Å². The fourth-order valence-corrected chi connectivity index (χ4v) is 3.14. The summed E-state index contributed by atoms with van der Waals surface area (Å²) in [6, 6.07) is 9.71. The van der Waals surface area contributed by atoms with Crippen LogP contribution in [0.2, 0.25) is 0 Å². The summed E-state index contributed by atoms with van der Waals surface area (Å²) in [4.78, 5) is 14.3. The van der Waals surface area contributed by atoms with Crippen molar-refractivity contribution in [2.45, 2.75) is 19.9 Å². The fraction of sp³-hybridized carbons (Fsp3) is 0.316. The number of aliphatic hydroxyl groups is 1. The monoisotopic (exact) mass is 361 g/mol. The highest BCUT2D eigenvalue weighted by Crippen LogP contribution is 2.26. The number of rotatable bonds is 7. The molecule has 1 saturated heterocycles. The molecule has 1 N–H and O–H groups in total. The molecule has 1 atom stereocenters.